The molecule has 1 atom stereocenters. The number of rotatable bonds is 5. The predicted molar refractivity (Wildman–Crippen MR) is 120 cm³/mol. The molecular formula is C26H34F4N2O. The zero-order valence-corrected chi connectivity index (χ0v) is 19.3. The lowest BCUT2D eigenvalue weighted by Crippen LogP contribution is -2.37. The molecule has 0 saturated heterocycles. The highest BCUT2D eigenvalue weighted by Crippen LogP contribution is 2.43. The van der Waals surface area contributed by atoms with Crippen LogP contribution in [0.5, 0.6) is 0 Å². The van der Waals surface area contributed by atoms with E-state index in [1.54, 1.807) is 0 Å². The minimum atomic E-state index is -4.54. The highest BCUT2D eigenvalue weighted by molar-refractivity contribution is 5.95. The maximum Gasteiger partial charge on any atom is 0.416 e. The molecule has 182 valence electrons. The van der Waals surface area contributed by atoms with E-state index in [-0.39, 0.29) is 23.9 Å². The van der Waals surface area contributed by atoms with Gasteiger partial charge in [-0.05, 0) is 56.7 Å². The highest BCUT2D eigenvalue weighted by Gasteiger charge is 2.39. The van der Waals surface area contributed by atoms with Crippen LogP contribution < -0.4 is 5.32 Å². The zero-order valence-electron chi connectivity index (χ0n) is 19.3. The standard InChI is InChI=1S/C26H34F4N2O/c1-17-21(25(33)31-20-10-6-3-7-11-20)15-24(32(17)16-18-8-4-2-5-9-18)22-14-19(26(28,29)30)12-13-23(22)27/h12-14,18,20,24H,2-11,15-16H2,1H3,(H,31,33). The molecule has 1 N–H and O–H groups in total. The topological polar surface area (TPSA) is 32.3 Å². The molecule has 1 heterocycles. The maximum atomic E-state index is 14.9. The Morgan fingerprint density at radius 2 is 1.67 bits per heavy atom. The number of hydrogen-bond acceptors (Lipinski definition) is 2. The van der Waals surface area contributed by atoms with E-state index in [1.807, 2.05) is 11.8 Å². The van der Waals surface area contributed by atoms with Crippen LogP contribution in [-0.4, -0.2) is 23.4 Å². The molecule has 2 saturated carbocycles. The molecule has 2 fully saturated rings. The number of allylic oxidation sites excluding steroid dienone is 1. The van der Waals surface area contributed by atoms with Gasteiger partial charge in [0.25, 0.3) is 0 Å². The quantitative estimate of drug-likeness (QED) is 0.479. The van der Waals surface area contributed by atoms with Gasteiger partial charge in [0.1, 0.15) is 5.82 Å². The van der Waals surface area contributed by atoms with Gasteiger partial charge in [-0.1, -0.05) is 38.5 Å². The smallest absolute Gasteiger partial charge is 0.367 e. The summed E-state index contributed by atoms with van der Waals surface area (Å²) in [7, 11) is 0. The Kier molecular flexibility index (Phi) is 7.34. The Bertz CT molecular complexity index is 883. The summed E-state index contributed by atoms with van der Waals surface area (Å²) in [6.45, 7) is 2.51. The largest absolute Gasteiger partial charge is 0.416 e. The first-order valence-electron chi connectivity index (χ1n) is 12.4. The molecule has 0 bridgehead atoms. The number of halogens is 4. The van der Waals surface area contributed by atoms with Crippen LogP contribution in [0.2, 0.25) is 0 Å². The van der Waals surface area contributed by atoms with Gasteiger partial charge >= 0.3 is 6.18 Å². The van der Waals surface area contributed by atoms with Crippen LogP contribution in [0.3, 0.4) is 0 Å². The summed E-state index contributed by atoms with van der Waals surface area (Å²) >= 11 is 0. The molecule has 1 amide bonds. The van der Waals surface area contributed by atoms with Crippen LogP contribution in [0.1, 0.15) is 94.7 Å². The fourth-order valence-corrected chi connectivity index (χ4v) is 5.80. The molecular weight excluding hydrogens is 432 g/mol. The first kappa shape index (κ1) is 24.1. The van der Waals surface area contributed by atoms with E-state index in [9.17, 15) is 22.4 Å². The SMILES string of the molecule is CC1=C(C(=O)NC2CCCCC2)CC(c2cc(C(F)(F)F)ccc2F)N1CC1CCCCC1. The summed E-state index contributed by atoms with van der Waals surface area (Å²) in [6.07, 6.45) is 6.56. The van der Waals surface area contributed by atoms with Crippen LogP contribution in [0.15, 0.2) is 29.5 Å². The number of amides is 1. The summed E-state index contributed by atoms with van der Waals surface area (Å²) < 4.78 is 55.0. The third-order valence-corrected chi connectivity index (χ3v) is 7.72. The number of benzene rings is 1. The van der Waals surface area contributed by atoms with Gasteiger partial charge in [0.15, 0.2) is 0 Å². The number of nitrogens with one attached hydrogen (secondary N) is 1. The van der Waals surface area contributed by atoms with E-state index in [0.717, 1.165) is 75.3 Å². The molecule has 3 aliphatic rings. The Morgan fingerprint density at radius 3 is 2.30 bits per heavy atom. The second-order valence-corrected chi connectivity index (χ2v) is 9.98. The maximum absolute atomic E-state index is 14.9. The van der Waals surface area contributed by atoms with Crippen molar-refractivity contribution in [2.75, 3.05) is 6.54 Å². The third kappa shape index (κ3) is 5.55. The molecule has 2 aliphatic carbocycles. The van der Waals surface area contributed by atoms with Crippen LogP contribution in [0.25, 0.3) is 0 Å². The molecule has 1 aromatic carbocycles. The molecule has 0 spiro atoms. The van der Waals surface area contributed by atoms with Crippen molar-refractivity contribution in [1.82, 2.24) is 10.2 Å². The van der Waals surface area contributed by atoms with Crippen LogP contribution in [0, 0.1) is 11.7 Å². The van der Waals surface area contributed by atoms with E-state index < -0.39 is 23.6 Å². The van der Waals surface area contributed by atoms with Gasteiger partial charge in [-0.2, -0.15) is 13.2 Å². The van der Waals surface area contributed by atoms with E-state index >= 15 is 0 Å². The van der Waals surface area contributed by atoms with E-state index in [2.05, 4.69) is 5.32 Å². The van der Waals surface area contributed by atoms with Crippen molar-refractivity contribution in [3.05, 3.63) is 46.4 Å². The Morgan fingerprint density at radius 1 is 1.03 bits per heavy atom. The molecule has 0 aromatic heterocycles. The van der Waals surface area contributed by atoms with Crippen LogP contribution in [0.4, 0.5) is 17.6 Å². The van der Waals surface area contributed by atoms with Crippen LogP contribution in [-0.2, 0) is 11.0 Å². The van der Waals surface area contributed by atoms with E-state index in [4.69, 9.17) is 0 Å². The zero-order chi connectivity index (χ0) is 23.6. The second kappa shape index (κ2) is 10.1. The van der Waals surface area contributed by atoms with Crippen molar-refractivity contribution < 1.29 is 22.4 Å². The molecule has 1 aromatic rings. The van der Waals surface area contributed by atoms with Crippen LogP contribution >= 0.6 is 0 Å². The molecule has 7 heteroatoms. The highest BCUT2D eigenvalue weighted by atomic mass is 19.4. The fraction of sp³-hybridized carbons (Fsp3) is 0.654. The molecule has 1 aliphatic heterocycles. The second-order valence-electron chi connectivity index (χ2n) is 9.98. The van der Waals surface area contributed by atoms with Crippen molar-refractivity contribution in [1.29, 1.82) is 0 Å². The molecule has 1 unspecified atom stereocenters. The van der Waals surface area contributed by atoms with E-state index in [1.165, 1.54) is 12.8 Å². The Balaban J connectivity index is 1.62. The average molecular weight is 467 g/mol. The molecule has 4 rings (SSSR count). The summed E-state index contributed by atoms with van der Waals surface area (Å²) in [5.74, 6) is -0.392. The Labute approximate surface area is 193 Å². The number of carbonyl (C=O) groups excluding carboxylic acids is 1. The number of nitrogens with zero attached hydrogens (tertiary/aromatic N) is 1. The molecule has 0 radical (unpaired) electrons. The normalized spacial score (nSPS) is 23.3. The first-order chi connectivity index (χ1) is 15.7. The van der Waals surface area contributed by atoms with Gasteiger partial charge in [-0.3, -0.25) is 4.79 Å². The Hall–Kier alpha value is -2.05. The minimum Gasteiger partial charge on any atom is -0.367 e. The summed E-state index contributed by atoms with van der Waals surface area (Å²) in [5.41, 5.74) is 0.531. The summed E-state index contributed by atoms with van der Waals surface area (Å²) in [4.78, 5) is 15.2. The molecule has 33 heavy (non-hydrogen) atoms. The van der Waals surface area contributed by atoms with E-state index in [0.29, 0.717) is 18.0 Å². The van der Waals surface area contributed by atoms with Crippen molar-refractivity contribution in [2.24, 2.45) is 5.92 Å². The van der Waals surface area contributed by atoms with Crippen molar-refractivity contribution in [2.45, 2.75) is 95.8 Å². The third-order valence-electron chi connectivity index (χ3n) is 7.72. The predicted octanol–water partition coefficient (Wildman–Crippen LogP) is 6.89. The molecule has 3 nitrogen and oxygen atoms in total. The lowest BCUT2D eigenvalue weighted by Gasteiger charge is -2.34. The number of hydrogen-bond donors (Lipinski definition) is 1. The average Bonchev–Trinajstić information content (AvgIpc) is 3.11. The van der Waals surface area contributed by atoms with Gasteiger partial charge in [0.2, 0.25) is 5.91 Å². The van der Waals surface area contributed by atoms with Gasteiger partial charge in [-0.15, -0.1) is 0 Å². The van der Waals surface area contributed by atoms with Gasteiger partial charge in [0, 0.05) is 35.8 Å². The van der Waals surface area contributed by atoms with Gasteiger partial charge in [0.05, 0.1) is 11.6 Å². The summed E-state index contributed by atoms with van der Waals surface area (Å²) in [5, 5.41) is 3.14. The number of carbonyl (C=O) groups is 1. The fourth-order valence-electron chi connectivity index (χ4n) is 5.80. The van der Waals surface area contributed by atoms with Crippen molar-refractivity contribution >= 4 is 5.91 Å². The van der Waals surface area contributed by atoms with Gasteiger partial charge < -0.3 is 10.2 Å². The first-order valence-corrected chi connectivity index (χ1v) is 12.4. The van der Waals surface area contributed by atoms with Crippen molar-refractivity contribution in [3.8, 4) is 0 Å². The van der Waals surface area contributed by atoms with Gasteiger partial charge in [-0.25, -0.2) is 4.39 Å². The summed E-state index contributed by atoms with van der Waals surface area (Å²) in [6, 6.07) is 2.18. The minimum absolute atomic E-state index is 0.0282. The van der Waals surface area contributed by atoms with Crippen molar-refractivity contribution in [3.63, 3.8) is 0 Å². The lowest BCUT2D eigenvalue weighted by molar-refractivity contribution is -0.137. The number of alkyl halides is 3. The monoisotopic (exact) mass is 466 g/mol. The lowest BCUT2D eigenvalue weighted by atomic mass is 9.88.